The van der Waals surface area contributed by atoms with Crippen molar-refractivity contribution in [3.8, 4) is 5.75 Å². The van der Waals surface area contributed by atoms with Gasteiger partial charge in [0.1, 0.15) is 5.75 Å². The number of aryl methyl sites for hydroxylation is 1. The van der Waals surface area contributed by atoms with E-state index < -0.39 is 0 Å². The lowest BCUT2D eigenvalue weighted by atomic mass is 9.73. The van der Waals surface area contributed by atoms with Crippen molar-refractivity contribution in [3.63, 3.8) is 0 Å². The Morgan fingerprint density at radius 2 is 1.88 bits per heavy atom. The van der Waals surface area contributed by atoms with Crippen LogP contribution in [0.4, 0.5) is 0 Å². The molecule has 2 heteroatoms. The highest BCUT2D eigenvalue weighted by Crippen LogP contribution is 2.54. The second kappa shape index (κ2) is 5.81. The summed E-state index contributed by atoms with van der Waals surface area (Å²) in [5.41, 5.74) is 4.58. The molecule has 0 bridgehead atoms. The Labute approximate surface area is 112 Å². The van der Waals surface area contributed by atoms with Gasteiger partial charge in [-0.25, -0.2) is 0 Å². The summed E-state index contributed by atoms with van der Waals surface area (Å²) >= 11 is 0. The van der Waals surface area contributed by atoms with Crippen LogP contribution in [0.5, 0.6) is 5.75 Å². The molecule has 2 aliphatic carbocycles. The van der Waals surface area contributed by atoms with E-state index in [2.05, 4.69) is 19.1 Å². The van der Waals surface area contributed by atoms with E-state index in [9.17, 15) is 0 Å². The lowest BCUT2D eigenvalue weighted by Gasteiger charge is -2.31. The van der Waals surface area contributed by atoms with Crippen molar-refractivity contribution in [1.29, 1.82) is 0 Å². The molecule has 0 aliphatic heterocycles. The number of fused-ring (bicyclic) bond motifs is 3. The molecule has 1 fully saturated rings. The van der Waals surface area contributed by atoms with E-state index in [1.165, 1.54) is 30.4 Å². The summed E-state index contributed by atoms with van der Waals surface area (Å²) in [5, 5.41) is 0. The molecule has 2 aliphatic rings. The Bertz CT molecular complexity index is 387. The van der Waals surface area contributed by atoms with Gasteiger partial charge in [0.15, 0.2) is 0 Å². The van der Waals surface area contributed by atoms with E-state index in [-0.39, 0.29) is 13.5 Å². The Hall–Kier alpha value is -0.630. The van der Waals surface area contributed by atoms with Crippen molar-refractivity contribution < 1.29 is 4.74 Å². The molecule has 0 saturated heterocycles. The second-order valence-corrected chi connectivity index (χ2v) is 4.62. The monoisotopic (exact) mass is 252 g/mol. The predicted molar refractivity (Wildman–Crippen MR) is 78.6 cm³/mol. The van der Waals surface area contributed by atoms with Gasteiger partial charge in [0.05, 0.1) is 7.11 Å². The Morgan fingerprint density at radius 1 is 1.18 bits per heavy atom. The van der Waals surface area contributed by atoms with Gasteiger partial charge in [0, 0.05) is 0 Å². The minimum Gasteiger partial charge on any atom is -0.496 e. The third-order valence-electron chi connectivity index (χ3n) is 4.01. The number of benzene rings is 1. The molecule has 2 unspecified atom stereocenters. The maximum absolute atomic E-state index is 5.44. The molecule has 1 saturated carbocycles. The topological polar surface area (TPSA) is 9.23 Å². The van der Waals surface area contributed by atoms with Gasteiger partial charge in [-0.2, -0.15) is 13.5 Å². The number of rotatable bonds is 1. The smallest absolute Gasteiger partial charge is 0.122 e. The quantitative estimate of drug-likeness (QED) is 0.728. The zero-order chi connectivity index (χ0) is 11.7. The van der Waals surface area contributed by atoms with Crippen LogP contribution in [0.2, 0.25) is 0 Å². The summed E-state index contributed by atoms with van der Waals surface area (Å²) in [6, 6.07) is 4.33. The molecular weight excluding hydrogens is 228 g/mol. The first-order valence-electron chi connectivity index (χ1n) is 6.47. The molecule has 3 rings (SSSR count). The van der Waals surface area contributed by atoms with E-state index in [0.717, 1.165) is 17.6 Å². The number of hydrogen-bond donors (Lipinski definition) is 0. The summed E-state index contributed by atoms with van der Waals surface area (Å²) in [5.74, 6) is 2.90. The first-order chi connectivity index (χ1) is 7.81. The van der Waals surface area contributed by atoms with Gasteiger partial charge in [-0.1, -0.05) is 19.9 Å². The Morgan fingerprint density at radius 3 is 2.41 bits per heavy atom. The van der Waals surface area contributed by atoms with Crippen molar-refractivity contribution in [2.75, 3.05) is 7.11 Å². The average Bonchev–Trinajstić information content (AvgIpc) is 2.56. The molecule has 0 aromatic heterocycles. The van der Waals surface area contributed by atoms with Crippen LogP contribution in [0.1, 0.15) is 49.3 Å². The van der Waals surface area contributed by atoms with Crippen LogP contribution in [0.3, 0.4) is 0 Å². The molecule has 2 atom stereocenters. The van der Waals surface area contributed by atoms with E-state index in [1.54, 1.807) is 12.7 Å². The predicted octanol–water partition coefficient (Wildman–Crippen LogP) is 4.19. The van der Waals surface area contributed by atoms with E-state index in [4.69, 9.17) is 4.74 Å². The highest BCUT2D eigenvalue weighted by atomic mass is 32.1. The van der Waals surface area contributed by atoms with Crippen molar-refractivity contribution in [2.24, 2.45) is 5.92 Å². The van der Waals surface area contributed by atoms with Gasteiger partial charge in [-0.15, -0.1) is 0 Å². The van der Waals surface area contributed by atoms with Crippen LogP contribution in [0.25, 0.3) is 0 Å². The van der Waals surface area contributed by atoms with Crippen molar-refractivity contribution in [2.45, 2.75) is 46.0 Å². The summed E-state index contributed by atoms with van der Waals surface area (Å²) in [6.07, 6.45) is 4.07. The van der Waals surface area contributed by atoms with Crippen LogP contribution < -0.4 is 4.74 Å². The molecule has 17 heavy (non-hydrogen) atoms. The first-order valence-corrected chi connectivity index (χ1v) is 6.47. The molecule has 0 N–H and O–H groups in total. The maximum atomic E-state index is 5.44. The highest BCUT2D eigenvalue weighted by Gasteiger charge is 2.41. The van der Waals surface area contributed by atoms with Crippen molar-refractivity contribution in [1.82, 2.24) is 0 Å². The van der Waals surface area contributed by atoms with Gasteiger partial charge in [-0.3, -0.25) is 0 Å². The second-order valence-electron chi connectivity index (χ2n) is 4.62. The molecule has 1 nitrogen and oxygen atoms in total. The van der Waals surface area contributed by atoms with Crippen LogP contribution in [0.15, 0.2) is 12.1 Å². The minimum absolute atomic E-state index is 0. The summed E-state index contributed by atoms with van der Waals surface area (Å²) in [6.45, 7) is 6.24. The van der Waals surface area contributed by atoms with Gasteiger partial charge in [0.2, 0.25) is 0 Å². The molecule has 0 heterocycles. The standard InChI is InChI=1S/C13H16O.C2H6.H2S/c1-8-3-6-12(14-2)11-7-9-4-5-10(9)13(8)11;1-2;/h3,6,9-10H,4-5,7H2,1-2H3;1-2H3;1H2. The molecular formula is C15H24OS. The van der Waals surface area contributed by atoms with Gasteiger partial charge in [-0.05, 0) is 60.8 Å². The summed E-state index contributed by atoms with van der Waals surface area (Å²) in [7, 11) is 1.78. The maximum Gasteiger partial charge on any atom is 0.122 e. The molecule has 0 amide bonds. The van der Waals surface area contributed by atoms with Crippen LogP contribution >= 0.6 is 13.5 Å². The zero-order valence-electron chi connectivity index (χ0n) is 11.3. The zero-order valence-corrected chi connectivity index (χ0v) is 12.3. The van der Waals surface area contributed by atoms with Crippen LogP contribution in [0, 0.1) is 12.8 Å². The fourth-order valence-corrected chi connectivity index (χ4v) is 3.14. The average molecular weight is 252 g/mol. The number of methoxy groups -OCH3 is 1. The molecule has 96 valence electrons. The highest BCUT2D eigenvalue weighted by molar-refractivity contribution is 7.59. The Kier molecular flexibility index (Phi) is 4.93. The van der Waals surface area contributed by atoms with E-state index in [0.29, 0.717) is 0 Å². The lowest BCUT2D eigenvalue weighted by Crippen LogP contribution is -2.19. The lowest BCUT2D eigenvalue weighted by molar-refractivity contribution is 0.279. The van der Waals surface area contributed by atoms with Crippen molar-refractivity contribution in [3.05, 3.63) is 28.8 Å². The fraction of sp³-hybridized carbons (Fsp3) is 0.600. The van der Waals surface area contributed by atoms with Gasteiger partial charge >= 0.3 is 0 Å². The van der Waals surface area contributed by atoms with E-state index >= 15 is 0 Å². The molecule has 0 spiro atoms. The van der Waals surface area contributed by atoms with Crippen LogP contribution in [-0.4, -0.2) is 7.11 Å². The SMILES string of the molecule is CC.COc1ccc(C)c2c1CC1CCC21.S. The molecule has 0 radical (unpaired) electrons. The molecule has 1 aromatic rings. The fourth-order valence-electron chi connectivity index (χ4n) is 3.14. The molecule has 1 aromatic carbocycles. The minimum atomic E-state index is 0. The number of hydrogen-bond acceptors (Lipinski definition) is 1. The van der Waals surface area contributed by atoms with Gasteiger partial charge < -0.3 is 4.74 Å². The largest absolute Gasteiger partial charge is 0.496 e. The van der Waals surface area contributed by atoms with E-state index in [1.807, 2.05) is 13.8 Å². The summed E-state index contributed by atoms with van der Waals surface area (Å²) < 4.78 is 5.44. The van der Waals surface area contributed by atoms with Gasteiger partial charge in [0.25, 0.3) is 0 Å². The normalized spacial score (nSPS) is 23.3. The Balaban J connectivity index is 0.000000459. The third kappa shape index (κ3) is 2.20. The van der Waals surface area contributed by atoms with Crippen molar-refractivity contribution >= 4 is 13.5 Å². The number of ether oxygens (including phenoxy) is 1. The first kappa shape index (κ1) is 14.4. The summed E-state index contributed by atoms with van der Waals surface area (Å²) in [4.78, 5) is 0. The van der Waals surface area contributed by atoms with Crippen LogP contribution in [-0.2, 0) is 6.42 Å². The third-order valence-corrected chi connectivity index (χ3v) is 4.01.